The van der Waals surface area contributed by atoms with Crippen LogP contribution >= 0.6 is 11.8 Å². The summed E-state index contributed by atoms with van der Waals surface area (Å²) >= 11 is 1.07. The van der Waals surface area contributed by atoms with Crippen LogP contribution in [0.3, 0.4) is 0 Å². The van der Waals surface area contributed by atoms with Gasteiger partial charge < -0.3 is 10.6 Å². The standard InChI is InChI=1S/C14H15FN4OS/c15-12-9-11(18)3-4-13(12)21-10-14(20)19(7-1-5-16)8-2-6-17/h3-4,9H,1-2,7-8,10,18H2. The van der Waals surface area contributed by atoms with Crippen LogP contribution in [0.2, 0.25) is 0 Å². The van der Waals surface area contributed by atoms with E-state index in [1.54, 1.807) is 6.07 Å². The minimum Gasteiger partial charge on any atom is -0.399 e. The van der Waals surface area contributed by atoms with E-state index in [0.717, 1.165) is 11.8 Å². The quantitative estimate of drug-likeness (QED) is 0.615. The molecule has 21 heavy (non-hydrogen) atoms. The third-order valence-electron chi connectivity index (χ3n) is 2.65. The van der Waals surface area contributed by atoms with Gasteiger partial charge >= 0.3 is 0 Å². The monoisotopic (exact) mass is 306 g/mol. The van der Waals surface area contributed by atoms with Gasteiger partial charge in [-0.25, -0.2) is 4.39 Å². The van der Waals surface area contributed by atoms with Crippen molar-refractivity contribution in [2.45, 2.75) is 17.7 Å². The summed E-state index contributed by atoms with van der Waals surface area (Å²) in [5.41, 5.74) is 5.78. The zero-order chi connectivity index (χ0) is 15.7. The molecular weight excluding hydrogens is 291 g/mol. The first-order valence-corrected chi connectivity index (χ1v) is 7.26. The molecule has 0 unspecified atom stereocenters. The smallest absolute Gasteiger partial charge is 0.232 e. The number of amides is 1. The van der Waals surface area contributed by atoms with Gasteiger partial charge in [-0.2, -0.15) is 10.5 Å². The van der Waals surface area contributed by atoms with Crippen molar-refractivity contribution in [3.63, 3.8) is 0 Å². The van der Waals surface area contributed by atoms with Crippen molar-refractivity contribution in [3.8, 4) is 12.1 Å². The second-order valence-electron chi connectivity index (χ2n) is 4.18. The maximum absolute atomic E-state index is 13.6. The molecular formula is C14H15FN4OS. The Kier molecular flexibility index (Phi) is 7.06. The number of thioether (sulfide) groups is 1. The molecule has 7 heteroatoms. The highest BCUT2D eigenvalue weighted by atomic mass is 32.2. The molecule has 0 aliphatic rings. The number of carbonyl (C=O) groups is 1. The number of hydrogen-bond acceptors (Lipinski definition) is 5. The van der Waals surface area contributed by atoms with Gasteiger partial charge in [-0.1, -0.05) is 0 Å². The number of nitrogens with two attached hydrogens (primary N) is 1. The summed E-state index contributed by atoms with van der Waals surface area (Å²) in [7, 11) is 0. The fraction of sp³-hybridized carbons (Fsp3) is 0.357. The van der Waals surface area contributed by atoms with Crippen molar-refractivity contribution in [1.29, 1.82) is 10.5 Å². The van der Waals surface area contributed by atoms with Crippen molar-refractivity contribution in [3.05, 3.63) is 24.0 Å². The Hall–Kier alpha value is -2.25. The molecule has 0 spiro atoms. The fourth-order valence-corrected chi connectivity index (χ4v) is 2.42. The number of anilines is 1. The highest BCUT2D eigenvalue weighted by molar-refractivity contribution is 8.00. The highest BCUT2D eigenvalue weighted by Gasteiger charge is 2.14. The van der Waals surface area contributed by atoms with Gasteiger partial charge in [0.05, 0.1) is 30.7 Å². The second kappa shape index (κ2) is 8.83. The fourth-order valence-electron chi connectivity index (χ4n) is 1.60. The number of carbonyl (C=O) groups excluding carboxylic acids is 1. The molecule has 5 nitrogen and oxygen atoms in total. The van der Waals surface area contributed by atoms with Crippen LogP contribution in [0.5, 0.6) is 0 Å². The zero-order valence-corrected chi connectivity index (χ0v) is 12.2. The number of nitrogen functional groups attached to an aromatic ring is 1. The molecule has 1 amide bonds. The normalized spacial score (nSPS) is 9.67. The average Bonchev–Trinajstić information content (AvgIpc) is 2.46. The summed E-state index contributed by atoms with van der Waals surface area (Å²) in [6.07, 6.45) is 0.413. The molecule has 0 fully saturated rings. The molecule has 0 aliphatic carbocycles. The van der Waals surface area contributed by atoms with Crippen LogP contribution in [0.4, 0.5) is 10.1 Å². The van der Waals surface area contributed by atoms with E-state index in [1.807, 2.05) is 12.1 Å². The van der Waals surface area contributed by atoms with Crippen LogP contribution in [0.15, 0.2) is 23.1 Å². The number of benzene rings is 1. The van der Waals surface area contributed by atoms with E-state index in [1.165, 1.54) is 17.0 Å². The van der Waals surface area contributed by atoms with Gasteiger partial charge in [-0.3, -0.25) is 4.79 Å². The largest absolute Gasteiger partial charge is 0.399 e. The van der Waals surface area contributed by atoms with Crippen molar-refractivity contribution in [2.75, 3.05) is 24.6 Å². The Morgan fingerprint density at radius 1 is 1.29 bits per heavy atom. The van der Waals surface area contributed by atoms with Crippen LogP contribution in [-0.2, 0) is 4.79 Å². The summed E-state index contributed by atoms with van der Waals surface area (Å²) < 4.78 is 13.6. The number of nitrogens with zero attached hydrogens (tertiary/aromatic N) is 3. The molecule has 1 aromatic rings. The Balaban J connectivity index is 2.60. The van der Waals surface area contributed by atoms with Gasteiger partial charge in [0.15, 0.2) is 0 Å². The molecule has 0 saturated carbocycles. The summed E-state index contributed by atoms with van der Waals surface area (Å²) in [6.45, 7) is 0.559. The van der Waals surface area contributed by atoms with E-state index in [4.69, 9.17) is 16.3 Å². The predicted octanol–water partition coefficient (Wildman–Crippen LogP) is 2.16. The molecule has 0 heterocycles. The first-order chi connectivity index (χ1) is 10.1. The number of nitriles is 2. The lowest BCUT2D eigenvalue weighted by atomic mass is 10.3. The summed E-state index contributed by atoms with van der Waals surface area (Å²) in [5, 5.41) is 17.1. The predicted molar refractivity (Wildman–Crippen MR) is 78.6 cm³/mol. The van der Waals surface area contributed by atoms with Crippen molar-refractivity contribution in [1.82, 2.24) is 4.90 Å². The summed E-state index contributed by atoms with van der Waals surface area (Å²) in [5.74, 6) is -0.632. The zero-order valence-electron chi connectivity index (χ0n) is 11.4. The molecule has 0 aromatic heterocycles. The number of hydrogen-bond donors (Lipinski definition) is 1. The molecule has 2 N–H and O–H groups in total. The molecule has 110 valence electrons. The van der Waals surface area contributed by atoms with Crippen LogP contribution in [0.25, 0.3) is 0 Å². The molecule has 0 atom stereocenters. The van der Waals surface area contributed by atoms with Crippen LogP contribution in [0.1, 0.15) is 12.8 Å². The van der Waals surface area contributed by atoms with Crippen molar-refractivity contribution >= 4 is 23.4 Å². The number of rotatable bonds is 7. The topological polar surface area (TPSA) is 93.9 Å². The van der Waals surface area contributed by atoms with Crippen LogP contribution in [0, 0.1) is 28.5 Å². The summed E-state index contributed by atoms with van der Waals surface area (Å²) in [6, 6.07) is 8.22. The molecule has 1 aromatic carbocycles. The lowest BCUT2D eigenvalue weighted by Gasteiger charge is -2.20. The Morgan fingerprint density at radius 3 is 2.43 bits per heavy atom. The van der Waals surface area contributed by atoms with E-state index in [9.17, 15) is 9.18 Å². The van der Waals surface area contributed by atoms with Crippen LogP contribution < -0.4 is 5.73 Å². The van der Waals surface area contributed by atoms with E-state index in [-0.39, 0.29) is 37.6 Å². The molecule has 0 radical (unpaired) electrons. The maximum Gasteiger partial charge on any atom is 0.232 e. The Bertz CT molecular complexity index is 561. The lowest BCUT2D eigenvalue weighted by molar-refractivity contribution is -0.128. The van der Waals surface area contributed by atoms with E-state index in [0.29, 0.717) is 10.6 Å². The minimum atomic E-state index is -0.464. The summed E-state index contributed by atoms with van der Waals surface area (Å²) in [4.78, 5) is 13.8. The SMILES string of the molecule is N#CCCN(CCC#N)C(=O)CSc1ccc(N)cc1F. The van der Waals surface area contributed by atoms with Crippen LogP contribution in [-0.4, -0.2) is 29.6 Å². The van der Waals surface area contributed by atoms with Gasteiger partial charge in [-0.15, -0.1) is 11.8 Å². The minimum absolute atomic E-state index is 0.0533. The third kappa shape index (κ3) is 5.72. The third-order valence-corrected chi connectivity index (χ3v) is 3.68. The number of halogens is 1. The van der Waals surface area contributed by atoms with Gasteiger partial charge in [0, 0.05) is 23.7 Å². The van der Waals surface area contributed by atoms with Gasteiger partial charge in [0.25, 0.3) is 0 Å². The van der Waals surface area contributed by atoms with Gasteiger partial charge in [-0.05, 0) is 18.2 Å². The van der Waals surface area contributed by atoms with Crippen molar-refractivity contribution < 1.29 is 9.18 Å². The first kappa shape index (κ1) is 16.8. The Morgan fingerprint density at radius 2 is 1.90 bits per heavy atom. The lowest BCUT2D eigenvalue weighted by Crippen LogP contribution is -2.34. The molecule has 0 bridgehead atoms. The van der Waals surface area contributed by atoms with E-state index < -0.39 is 5.82 Å². The first-order valence-electron chi connectivity index (χ1n) is 6.28. The van der Waals surface area contributed by atoms with E-state index >= 15 is 0 Å². The van der Waals surface area contributed by atoms with Gasteiger partial charge in [0.1, 0.15) is 5.82 Å². The molecule has 0 saturated heterocycles. The average molecular weight is 306 g/mol. The van der Waals surface area contributed by atoms with E-state index in [2.05, 4.69) is 0 Å². The molecule has 1 rings (SSSR count). The second-order valence-corrected chi connectivity index (χ2v) is 5.19. The van der Waals surface area contributed by atoms with Crippen molar-refractivity contribution in [2.24, 2.45) is 0 Å². The highest BCUT2D eigenvalue weighted by Crippen LogP contribution is 2.23. The van der Waals surface area contributed by atoms with Gasteiger partial charge in [0.2, 0.25) is 5.91 Å². The maximum atomic E-state index is 13.6. The molecule has 0 aliphatic heterocycles. The Labute approximate surface area is 127 Å².